The number of aromatic nitrogens is 1. The summed E-state index contributed by atoms with van der Waals surface area (Å²) in [4.78, 5) is 24.2. The summed E-state index contributed by atoms with van der Waals surface area (Å²) in [5.74, 6) is -0.924. The van der Waals surface area contributed by atoms with Crippen LogP contribution in [0.2, 0.25) is 0 Å². The van der Waals surface area contributed by atoms with Gasteiger partial charge in [-0.1, -0.05) is 0 Å². The van der Waals surface area contributed by atoms with Crippen LogP contribution in [0.15, 0.2) is 44.2 Å². The molecular formula is C22H28N6O8S. The summed E-state index contributed by atoms with van der Waals surface area (Å²) in [7, 11) is -2.47. The van der Waals surface area contributed by atoms with E-state index in [0.717, 1.165) is 4.57 Å². The Kier molecular flexibility index (Phi) is 11.3. The molecule has 2 rings (SSSR count). The maximum Gasteiger partial charge on any atom is 0.281 e. The summed E-state index contributed by atoms with van der Waals surface area (Å²) in [5.41, 5.74) is -0.998. The van der Waals surface area contributed by atoms with Crippen molar-refractivity contribution in [2.45, 2.75) is 25.0 Å². The van der Waals surface area contributed by atoms with E-state index >= 15 is 0 Å². The molecule has 0 atom stereocenters. The van der Waals surface area contributed by atoms with Crippen molar-refractivity contribution in [2.24, 2.45) is 10.2 Å². The van der Waals surface area contributed by atoms with Crippen LogP contribution in [0, 0.1) is 11.3 Å². The van der Waals surface area contributed by atoms with E-state index in [2.05, 4.69) is 20.3 Å². The minimum atomic E-state index is -3.81. The first kappa shape index (κ1) is 29.5. The highest BCUT2D eigenvalue weighted by molar-refractivity contribution is 7.89. The molecule has 0 aliphatic heterocycles. The predicted molar refractivity (Wildman–Crippen MR) is 130 cm³/mol. The predicted octanol–water partition coefficient (Wildman–Crippen LogP) is 0.411. The molecule has 1 amide bonds. The maximum absolute atomic E-state index is 13.1. The van der Waals surface area contributed by atoms with Crippen molar-refractivity contribution in [1.29, 1.82) is 5.26 Å². The number of amides is 1. The molecule has 1 aromatic heterocycles. The Morgan fingerprint density at radius 3 is 2.49 bits per heavy atom. The third kappa shape index (κ3) is 8.17. The zero-order valence-electron chi connectivity index (χ0n) is 20.3. The summed E-state index contributed by atoms with van der Waals surface area (Å²) >= 11 is 0. The molecule has 1 aromatic carbocycles. The molecule has 4 N–H and O–H groups in total. The average molecular weight is 537 g/mol. The molecular weight excluding hydrogens is 508 g/mol. The van der Waals surface area contributed by atoms with Crippen LogP contribution in [0.25, 0.3) is 0 Å². The van der Waals surface area contributed by atoms with Gasteiger partial charge in [-0.2, -0.15) is 10.4 Å². The number of aliphatic hydroxyl groups excluding tert-OH is 1. The van der Waals surface area contributed by atoms with Crippen molar-refractivity contribution in [3.05, 3.63) is 45.7 Å². The Morgan fingerprint density at radius 2 is 1.89 bits per heavy atom. The van der Waals surface area contributed by atoms with E-state index < -0.39 is 21.5 Å². The number of rotatable bonds is 14. The van der Waals surface area contributed by atoms with E-state index in [1.165, 1.54) is 38.3 Å². The lowest BCUT2D eigenvalue weighted by Gasteiger charge is -2.14. The van der Waals surface area contributed by atoms with Crippen molar-refractivity contribution >= 4 is 27.3 Å². The van der Waals surface area contributed by atoms with Crippen LogP contribution in [-0.2, 0) is 37.4 Å². The zero-order chi connectivity index (χ0) is 27.4. The molecule has 15 heteroatoms. The third-order valence-corrected chi connectivity index (χ3v) is 6.29. The number of aliphatic hydroxyl groups is 1. The number of hydrogen-bond donors (Lipinski definition) is 4. The van der Waals surface area contributed by atoms with Gasteiger partial charge in [0.25, 0.3) is 5.56 Å². The molecule has 0 bridgehead atoms. The van der Waals surface area contributed by atoms with Crippen molar-refractivity contribution in [3.63, 3.8) is 0 Å². The minimum absolute atomic E-state index is 0.0162. The van der Waals surface area contributed by atoms with Gasteiger partial charge in [0.05, 0.1) is 37.0 Å². The SMILES string of the molecule is COCc1c(C#N)c(O)n(CCNC(C)=O)c(=O)c1N=Nc1ccc(S(=O)(=O)NCCOCCO)cc1. The van der Waals surface area contributed by atoms with E-state index in [0.29, 0.717) is 0 Å². The van der Waals surface area contributed by atoms with E-state index in [9.17, 15) is 28.4 Å². The van der Waals surface area contributed by atoms with Crippen LogP contribution < -0.4 is 15.6 Å². The van der Waals surface area contributed by atoms with Crippen molar-refractivity contribution < 1.29 is 32.9 Å². The first-order valence-corrected chi connectivity index (χ1v) is 12.5. The summed E-state index contributed by atoms with van der Waals surface area (Å²) in [6.07, 6.45) is 0. The Hall–Kier alpha value is -3.68. The van der Waals surface area contributed by atoms with E-state index in [4.69, 9.17) is 14.6 Å². The number of aromatic hydroxyl groups is 1. The van der Waals surface area contributed by atoms with Gasteiger partial charge in [0.1, 0.15) is 11.6 Å². The largest absolute Gasteiger partial charge is 0.493 e. The Morgan fingerprint density at radius 1 is 1.19 bits per heavy atom. The number of methoxy groups -OCH3 is 1. The van der Waals surface area contributed by atoms with Crippen LogP contribution in [0.5, 0.6) is 5.88 Å². The molecule has 37 heavy (non-hydrogen) atoms. The molecule has 0 radical (unpaired) electrons. The van der Waals surface area contributed by atoms with Crippen LogP contribution in [0.3, 0.4) is 0 Å². The summed E-state index contributed by atoms with van der Waals surface area (Å²) in [6.45, 7) is 1.03. The summed E-state index contributed by atoms with van der Waals surface area (Å²) < 4.78 is 38.1. The first-order chi connectivity index (χ1) is 17.7. The van der Waals surface area contributed by atoms with Gasteiger partial charge < -0.3 is 25.0 Å². The number of hydrogen-bond acceptors (Lipinski definition) is 11. The van der Waals surface area contributed by atoms with Crippen molar-refractivity contribution in [3.8, 4) is 11.9 Å². The zero-order valence-corrected chi connectivity index (χ0v) is 21.1. The number of sulfonamides is 1. The molecule has 14 nitrogen and oxygen atoms in total. The fourth-order valence-corrected chi connectivity index (χ4v) is 4.11. The van der Waals surface area contributed by atoms with Gasteiger partial charge in [0.15, 0.2) is 5.69 Å². The Bertz CT molecular complexity index is 1320. The molecule has 1 heterocycles. The number of carbonyl (C=O) groups excluding carboxylic acids is 1. The molecule has 200 valence electrons. The smallest absolute Gasteiger partial charge is 0.281 e. The van der Waals surface area contributed by atoms with Crippen LogP contribution in [0.1, 0.15) is 18.1 Å². The van der Waals surface area contributed by atoms with Gasteiger partial charge in [0, 0.05) is 39.2 Å². The standard InChI is InChI=1S/C22H28N6O8S/c1-15(30)24-7-9-28-21(31)18(13-23)19(14-35-2)20(22(28)32)27-26-16-3-5-17(6-4-16)37(33,34)25-8-11-36-12-10-29/h3-6,25,29,31H,7-12,14H2,1-2H3,(H,24,30). The second-order valence-electron chi connectivity index (χ2n) is 7.44. The molecule has 0 fully saturated rings. The van der Waals surface area contributed by atoms with E-state index in [1.54, 1.807) is 0 Å². The molecule has 0 unspecified atom stereocenters. The number of nitrogens with one attached hydrogen (secondary N) is 2. The number of nitriles is 1. The number of pyridine rings is 1. The van der Waals surface area contributed by atoms with Crippen molar-refractivity contribution in [1.82, 2.24) is 14.6 Å². The topological polar surface area (TPSA) is 205 Å². The van der Waals surface area contributed by atoms with Gasteiger partial charge in [0.2, 0.25) is 21.8 Å². The van der Waals surface area contributed by atoms with Gasteiger partial charge in [-0.15, -0.1) is 5.11 Å². The molecule has 0 saturated heterocycles. The molecule has 0 aliphatic carbocycles. The van der Waals surface area contributed by atoms with E-state index in [1.807, 2.05) is 6.07 Å². The van der Waals surface area contributed by atoms with Crippen molar-refractivity contribution in [2.75, 3.05) is 40.0 Å². The number of nitrogens with zero attached hydrogens (tertiary/aromatic N) is 4. The normalized spacial score (nSPS) is 11.5. The average Bonchev–Trinajstić information content (AvgIpc) is 2.86. The fourth-order valence-electron chi connectivity index (χ4n) is 3.10. The third-order valence-electron chi connectivity index (χ3n) is 4.81. The molecule has 0 spiro atoms. The Labute approximate surface area is 213 Å². The van der Waals surface area contributed by atoms with Crippen LogP contribution in [-0.4, -0.2) is 69.1 Å². The molecule has 0 aliphatic rings. The highest BCUT2D eigenvalue weighted by Crippen LogP contribution is 2.28. The van der Waals surface area contributed by atoms with Gasteiger partial charge in [-0.05, 0) is 24.3 Å². The Balaban J connectivity index is 2.34. The van der Waals surface area contributed by atoms with Gasteiger partial charge in [-0.25, -0.2) is 13.1 Å². The van der Waals surface area contributed by atoms with Crippen LogP contribution >= 0.6 is 0 Å². The minimum Gasteiger partial charge on any atom is -0.493 e. The van der Waals surface area contributed by atoms with Gasteiger partial charge in [-0.3, -0.25) is 14.2 Å². The fraction of sp³-hybridized carbons (Fsp3) is 0.409. The number of carbonyl (C=O) groups is 1. The number of azo groups is 1. The highest BCUT2D eigenvalue weighted by Gasteiger charge is 2.22. The molecule has 0 saturated carbocycles. The summed E-state index contributed by atoms with van der Waals surface area (Å²) in [5, 5.41) is 39.2. The van der Waals surface area contributed by atoms with Gasteiger partial charge >= 0.3 is 0 Å². The number of ether oxygens (including phenoxy) is 2. The lowest BCUT2D eigenvalue weighted by molar-refractivity contribution is -0.119. The monoisotopic (exact) mass is 536 g/mol. The lowest BCUT2D eigenvalue weighted by atomic mass is 10.1. The second kappa shape index (κ2) is 14.2. The highest BCUT2D eigenvalue weighted by atomic mass is 32.2. The van der Waals surface area contributed by atoms with E-state index in [-0.39, 0.29) is 79.4 Å². The number of benzene rings is 1. The maximum atomic E-state index is 13.1. The second-order valence-corrected chi connectivity index (χ2v) is 9.20. The lowest BCUT2D eigenvalue weighted by Crippen LogP contribution is -2.30. The quantitative estimate of drug-likeness (QED) is 0.195. The first-order valence-electron chi connectivity index (χ1n) is 11.0. The molecule has 2 aromatic rings. The van der Waals surface area contributed by atoms with Crippen LogP contribution in [0.4, 0.5) is 11.4 Å². The summed E-state index contributed by atoms with van der Waals surface area (Å²) in [6, 6.07) is 7.17.